The maximum absolute atomic E-state index is 11.8. The van der Waals surface area contributed by atoms with Gasteiger partial charge in [-0.3, -0.25) is 9.59 Å². The summed E-state index contributed by atoms with van der Waals surface area (Å²) in [4.78, 5) is 23.3. The van der Waals surface area contributed by atoms with Gasteiger partial charge in [0.2, 0.25) is 0 Å². The second-order valence-electron chi connectivity index (χ2n) is 7.62. The fourth-order valence-corrected chi connectivity index (χ4v) is 4.62. The molecule has 0 saturated carbocycles. The number of ether oxygens (including phenoxy) is 4. The predicted molar refractivity (Wildman–Crippen MR) is 104 cm³/mol. The largest absolute Gasteiger partial charge is 0.458 e. The first-order valence-corrected chi connectivity index (χ1v) is 9.55. The molecule has 0 aromatic heterocycles. The fraction of sp³-hybridized carbons (Fsp3) is 0.304. The normalized spacial score (nSPS) is 27.8. The predicted octanol–water partition coefficient (Wildman–Crippen LogP) is 3.69. The van der Waals surface area contributed by atoms with E-state index in [1.807, 2.05) is 42.5 Å². The SMILES string of the molecule is CC(=O)OC1C=CC2(C1)C(OC(C)=O)C=CC21Oc2cccc3cccc(c23)O1. The second kappa shape index (κ2) is 6.11. The number of hydrogen-bond donors (Lipinski definition) is 0. The number of carbonyl (C=O) groups is 2. The Labute approximate surface area is 167 Å². The molecule has 5 rings (SSSR count). The lowest BCUT2D eigenvalue weighted by atomic mass is 9.77. The van der Waals surface area contributed by atoms with E-state index < -0.39 is 29.4 Å². The zero-order chi connectivity index (χ0) is 20.2. The van der Waals surface area contributed by atoms with Crippen LogP contribution >= 0.6 is 0 Å². The topological polar surface area (TPSA) is 71.1 Å². The van der Waals surface area contributed by atoms with Gasteiger partial charge in [-0.1, -0.05) is 30.3 Å². The molecule has 0 amide bonds. The zero-order valence-corrected chi connectivity index (χ0v) is 16.1. The van der Waals surface area contributed by atoms with Gasteiger partial charge in [0.25, 0.3) is 5.79 Å². The van der Waals surface area contributed by atoms with Gasteiger partial charge in [0.1, 0.15) is 29.1 Å². The minimum Gasteiger partial charge on any atom is -0.458 e. The van der Waals surface area contributed by atoms with Crippen molar-refractivity contribution in [2.24, 2.45) is 5.41 Å². The van der Waals surface area contributed by atoms with Crippen LogP contribution in [0.15, 0.2) is 60.7 Å². The molecule has 1 aliphatic heterocycles. The van der Waals surface area contributed by atoms with E-state index in [9.17, 15) is 9.59 Å². The summed E-state index contributed by atoms with van der Waals surface area (Å²) in [5.41, 5.74) is -0.867. The third-order valence-corrected chi connectivity index (χ3v) is 5.76. The highest BCUT2D eigenvalue weighted by atomic mass is 16.7. The average Bonchev–Trinajstić information content (AvgIpc) is 3.20. The first kappa shape index (κ1) is 17.8. The van der Waals surface area contributed by atoms with Gasteiger partial charge in [0, 0.05) is 26.3 Å². The molecule has 2 aliphatic carbocycles. The fourth-order valence-electron chi connectivity index (χ4n) is 4.62. The maximum atomic E-state index is 11.8. The van der Waals surface area contributed by atoms with Crippen LogP contribution in [-0.4, -0.2) is 29.9 Å². The molecule has 2 aromatic rings. The van der Waals surface area contributed by atoms with Crippen molar-refractivity contribution >= 4 is 22.7 Å². The molecule has 6 nitrogen and oxygen atoms in total. The lowest BCUT2D eigenvalue weighted by Gasteiger charge is -2.46. The highest BCUT2D eigenvalue weighted by Crippen LogP contribution is 2.57. The van der Waals surface area contributed by atoms with Gasteiger partial charge < -0.3 is 18.9 Å². The number of benzene rings is 2. The summed E-state index contributed by atoms with van der Waals surface area (Å²) in [5, 5.41) is 1.92. The van der Waals surface area contributed by atoms with Crippen molar-refractivity contribution in [3.8, 4) is 11.5 Å². The van der Waals surface area contributed by atoms with Crippen LogP contribution in [0.5, 0.6) is 11.5 Å². The third-order valence-electron chi connectivity index (χ3n) is 5.76. The van der Waals surface area contributed by atoms with Crippen LogP contribution in [-0.2, 0) is 19.1 Å². The van der Waals surface area contributed by atoms with Crippen molar-refractivity contribution in [2.45, 2.75) is 38.3 Å². The molecular formula is C23H20O6. The monoisotopic (exact) mass is 392 g/mol. The Morgan fingerprint density at radius 2 is 1.59 bits per heavy atom. The van der Waals surface area contributed by atoms with Crippen LogP contribution in [0.3, 0.4) is 0 Å². The van der Waals surface area contributed by atoms with Gasteiger partial charge in [0.15, 0.2) is 0 Å². The van der Waals surface area contributed by atoms with Crippen LogP contribution in [0.2, 0.25) is 0 Å². The molecule has 3 unspecified atom stereocenters. The van der Waals surface area contributed by atoms with Gasteiger partial charge in [0.05, 0.1) is 5.39 Å². The summed E-state index contributed by atoms with van der Waals surface area (Å²) in [6.45, 7) is 2.74. The Morgan fingerprint density at radius 3 is 2.21 bits per heavy atom. The Kier molecular flexibility index (Phi) is 3.75. The third kappa shape index (κ3) is 2.55. The van der Waals surface area contributed by atoms with E-state index in [1.165, 1.54) is 13.8 Å². The molecule has 3 aliphatic rings. The van der Waals surface area contributed by atoms with Gasteiger partial charge in [-0.25, -0.2) is 0 Å². The van der Waals surface area contributed by atoms with Gasteiger partial charge in [-0.2, -0.15) is 0 Å². The lowest BCUT2D eigenvalue weighted by Crippen LogP contribution is -2.57. The minimum atomic E-state index is -1.22. The number of rotatable bonds is 2. The van der Waals surface area contributed by atoms with Crippen molar-refractivity contribution in [3.63, 3.8) is 0 Å². The molecule has 148 valence electrons. The molecule has 0 bridgehead atoms. The van der Waals surface area contributed by atoms with Gasteiger partial charge in [-0.05, 0) is 29.7 Å². The van der Waals surface area contributed by atoms with Gasteiger partial charge >= 0.3 is 11.9 Å². The molecule has 0 fully saturated rings. The van der Waals surface area contributed by atoms with Crippen molar-refractivity contribution < 1.29 is 28.5 Å². The highest BCUT2D eigenvalue weighted by Gasteiger charge is 2.65. The summed E-state index contributed by atoms with van der Waals surface area (Å²) in [6, 6.07) is 11.7. The Morgan fingerprint density at radius 1 is 0.931 bits per heavy atom. The summed E-state index contributed by atoms with van der Waals surface area (Å²) in [6.07, 6.45) is 6.59. The Hall–Kier alpha value is -3.28. The van der Waals surface area contributed by atoms with Gasteiger partial charge in [-0.15, -0.1) is 0 Å². The number of carbonyl (C=O) groups excluding carboxylic acids is 2. The first-order chi connectivity index (χ1) is 13.9. The molecule has 6 heteroatoms. The zero-order valence-electron chi connectivity index (χ0n) is 16.1. The number of fused-ring (bicyclic) bond motifs is 1. The molecule has 3 atom stereocenters. The quantitative estimate of drug-likeness (QED) is 0.573. The Bertz CT molecular complexity index is 1040. The van der Waals surface area contributed by atoms with E-state index in [0.29, 0.717) is 17.9 Å². The van der Waals surface area contributed by atoms with Crippen molar-refractivity contribution in [1.29, 1.82) is 0 Å². The van der Waals surface area contributed by atoms with E-state index in [0.717, 1.165) is 10.8 Å². The summed E-state index contributed by atoms with van der Waals surface area (Å²) in [5.74, 6) is -0.608. The van der Waals surface area contributed by atoms with Crippen LogP contribution in [0.25, 0.3) is 10.8 Å². The van der Waals surface area contributed by atoms with Crippen molar-refractivity contribution in [2.75, 3.05) is 0 Å². The van der Waals surface area contributed by atoms with Crippen molar-refractivity contribution in [3.05, 3.63) is 60.7 Å². The van der Waals surface area contributed by atoms with E-state index in [4.69, 9.17) is 18.9 Å². The first-order valence-electron chi connectivity index (χ1n) is 9.55. The van der Waals surface area contributed by atoms with E-state index >= 15 is 0 Å². The standard InChI is InChI=1S/C23H20O6/c1-14(24)26-17-9-11-22(13-17)20(27-15(2)25)10-12-23(22)28-18-7-3-5-16-6-4-8-19(29-23)21(16)18/h3-12,17,20H,13H2,1-2H3. The van der Waals surface area contributed by atoms with Crippen LogP contribution in [0.4, 0.5) is 0 Å². The molecule has 2 spiro atoms. The second-order valence-corrected chi connectivity index (χ2v) is 7.62. The molecule has 29 heavy (non-hydrogen) atoms. The van der Waals surface area contributed by atoms with E-state index in [1.54, 1.807) is 18.2 Å². The highest BCUT2D eigenvalue weighted by molar-refractivity contribution is 5.94. The minimum absolute atomic E-state index is 0.371. The number of hydrogen-bond acceptors (Lipinski definition) is 6. The van der Waals surface area contributed by atoms with E-state index in [2.05, 4.69) is 0 Å². The lowest BCUT2D eigenvalue weighted by molar-refractivity contribution is -0.187. The summed E-state index contributed by atoms with van der Waals surface area (Å²) in [7, 11) is 0. The smallest absolute Gasteiger partial charge is 0.303 e. The molecule has 0 saturated heterocycles. The molecular weight excluding hydrogens is 372 g/mol. The Balaban J connectivity index is 1.60. The average molecular weight is 392 g/mol. The molecule has 0 radical (unpaired) electrons. The molecule has 0 N–H and O–H groups in total. The van der Waals surface area contributed by atoms with Crippen LogP contribution < -0.4 is 9.47 Å². The maximum Gasteiger partial charge on any atom is 0.303 e. The van der Waals surface area contributed by atoms with E-state index in [-0.39, 0.29) is 5.97 Å². The van der Waals surface area contributed by atoms with Crippen LogP contribution in [0, 0.1) is 5.41 Å². The molecule has 2 aromatic carbocycles. The van der Waals surface area contributed by atoms with Crippen LogP contribution in [0.1, 0.15) is 20.3 Å². The number of esters is 2. The summed E-state index contributed by atoms with van der Waals surface area (Å²) < 4.78 is 23.9. The molecule has 1 heterocycles. The van der Waals surface area contributed by atoms with Crippen molar-refractivity contribution in [1.82, 2.24) is 0 Å². The summed E-state index contributed by atoms with van der Waals surface area (Å²) >= 11 is 0.